The molecule has 5 heteroatoms. The van der Waals surface area contributed by atoms with Crippen LogP contribution in [0, 0.1) is 0 Å². The smallest absolute Gasteiger partial charge is 0.374 e. The average Bonchev–Trinajstić information content (AvgIpc) is 2.43. The van der Waals surface area contributed by atoms with Gasteiger partial charge >= 0.3 is 11.9 Å². The molecule has 0 aromatic heterocycles. The van der Waals surface area contributed by atoms with Gasteiger partial charge in [-0.05, 0) is 33.3 Å². The number of benzene rings is 1. The third-order valence-corrected chi connectivity index (χ3v) is 2.80. The molecule has 0 aliphatic rings. The van der Waals surface area contributed by atoms with Gasteiger partial charge in [0.25, 0.3) is 0 Å². The second-order valence-electron chi connectivity index (χ2n) is 5.53. The molecule has 1 aromatic carbocycles. The van der Waals surface area contributed by atoms with Crippen molar-refractivity contribution in [3.63, 3.8) is 0 Å². The van der Waals surface area contributed by atoms with Crippen molar-refractivity contribution in [1.29, 1.82) is 0 Å². The van der Waals surface area contributed by atoms with Crippen LogP contribution < -0.4 is 0 Å². The van der Waals surface area contributed by atoms with E-state index in [1.54, 1.807) is 52.0 Å². The van der Waals surface area contributed by atoms with Gasteiger partial charge in [-0.1, -0.05) is 30.3 Å². The normalized spacial score (nSPS) is 12.1. The first kappa shape index (κ1) is 17.9. The first-order valence-corrected chi connectivity index (χ1v) is 7.30. The van der Waals surface area contributed by atoms with Crippen molar-refractivity contribution in [1.82, 2.24) is 0 Å². The lowest BCUT2D eigenvalue weighted by Gasteiger charge is -2.17. The summed E-state index contributed by atoms with van der Waals surface area (Å²) in [6, 6.07) is 8.80. The molecule has 0 amide bonds. The van der Waals surface area contributed by atoms with Crippen LogP contribution in [0.1, 0.15) is 45.6 Å². The van der Waals surface area contributed by atoms with Crippen molar-refractivity contribution < 1.29 is 23.9 Å². The SMILES string of the molecule is CC(C)OC(=O)C(=O)CC(C(=O)OC(C)C)c1ccccc1. The number of hydrogen-bond acceptors (Lipinski definition) is 5. The van der Waals surface area contributed by atoms with Crippen LogP contribution in [-0.2, 0) is 23.9 Å². The van der Waals surface area contributed by atoms with Crippen LogP contribution in [0.15, 0.2) is 30.3 Å². The summed E-state index contributed by atoms with van der Waals surface area (Å²) in [6.07, 6.45) is -0.938. The van der Waals surface area contributed by atoms with Gasteiger partial charge in [-0.2, -0.15) is 0 Å². The monoisotopic (exact) mass is 306 g/mol. The van der Waals surface area contributed by atoms with E-state index in [1.807, 2.05) is 6.07 Å². The third kappa shape index (κ3) is 5.68. The standard InChI is InChI=1S/C17H22O5/c1-11(2)21-16(19)14(13-8-6-5-7-9-13)10-15(18)17(20)22-12(3)4/h5-9,11-12,14H,10H2,1-4H3. The Morgan fingerprint density at radius 2 is 1.45 bits per heavy atom. The van der Waals surface area contributed by atoms with Gasteiger partial charge in [-0.3, -0.25) is 9.59 Å². The fourth-order valence-corrected chi connectivity index (χ4v) is 1.89. The summed E-state index contributed by atoms with van der Waals surface area (Å²) >= 11 is 0. The Balaban J connectivity index is 2.89. The van der Waals surface area contributed by atoms with Crippen molar-refractivity contribution in [2.75, 3.05) is 0 Å². The Morgan fingerprint density at radius 1 is 0.909 bits per heavy atom. The Bertz CT molecular complexity index is 519. The largest absolute Gasteiger partial charge is 0.462 e. The van der Waals surface area contributed by atoms with Crippen molar-refractivity contribution in [3.8, 4) is 0 Å². The number of rotatable bonds is 7. The third-order valence-electron chi connectivity index (χ3n) is 2.80. The summed E-state index contributed by atoms with van der Waals surface area (Å²) < 4.78 is 10.1. The van der Waals surface area contributed by atoms with E-state index in [4.69, 9.17) is 9.47 Å². The number of ether oxygens (including phenoxy) is 2. The lowest BCUT2D eigenvalue weighted by atomic mass is 9.93. The minimum Gasteiger partial charge on any atom is -0.462 e. The maximum atomic E-state index is 12.2. The average molecular weight is 306 g/mol. The molecule has 0 heterocycles. The van der Waals surface area contributed by atoms with Crippen LogP contribution in [-0.4, -0.2) is 29.9 Å². The van der Waals surface area contributed by atoms with Crippen LogP contribution >= 0.6 is 0 Å². The number of carbonyl (C=O) groups is 3. The summed E-state index contributed by atoms with van der Waals surface area (Å²) in [5, 5.41) is 0. The fraction of sp³-hybridized carbons (Fsp3) is 0.471. The molecule has 0 fully saturated rings. The van der Waals surface area contributed by atoms with Gasteiger partial charge in [0.15, 0.2) is 0 Å². The van der Waals surface area contributed by atoms with Gasteiger partial charge in [-0.15, -0.1) is 0 Å². The van der Waals surface area contributed by atoms with Gasteiger partial charge in [-0.25, -0.2) is 4.79 Å². The molecular weight excluding hydrogens is 284 g/mol. The summed E-state index contributed by atoms with van der Waals surface area (Å²) in [5.74, 6) is -2.99. The zero-order valence-electron chi connectivity index (χ0n) is 13.4. The van der Waals surface area contributed by atoms with Crippen molar-refractivity contribution in [2.24, 2.45) is 0 Å². The number of ketones is 1. The molecule has 1 rings (SSSR count). The molecule has 0 saturated heterocycles. The zero-order chi connectivity index (χ0) is 16.7. The number of carbonyl (C=O) groups excluding carboxylic acids is 3. The maximum Gasteiger partial charge on any atom is 0.374 e. The molecule has 1 unspecified atom stereocenters. The second kappa shape index (κ2) is 8.32. The lowest BCUT2D eigenvalue weighted by molar-refractivity contribution is -0.158. The van der Waals surface area contributed by atoms with E-state index >= 15 is 0 Å². The van der Waals surface area contributed by atoms with Crippen LogP contribution in [0.3, 0.4) is 0 Å². The minimum absolute atomic E-state index is 0.263. The predicted octanol–water partition coefficient (Wildman–Crippen LogP) is 2.63. The van der Waals surface area contributed by atoms with Crippen LogP contribution in [0.25, 0.3) is 0 Å². The minimum atomic E-state index is -0.923. The Labute approximate surface area is 130 Å². The van der Waals surface area contributed by atoms with Crippen molar-refractivity contribution in [3.05, 3.63) is 35.9 Å². The molecule has 0 bridgehead atoms. The van der Waals surface area contributed by atoms with E-state index in [2.05, 4.69) is 0 Å². The predicted molar refractivity (Wildman–Crippen MR) is 81.3 cm³/mol. The molecule has 0 spiro atoms. The summed E-state index contributed by atoms with van der Waals surface area (Å²) in [5.41, 5.74) is 0.638. The van der Waals surface area contributed by atoms with Gasteiger partial charge in [0.05, 0.1) is 18.1 Å². The Hall–Kier alpha value is -2.17. The Kier molecular flexibility index (Phi) is 6.76. The molecule has 0 aliphatic heterocycles. The van der Waals surface area contributed by atoms with E-state index < -0.39 is 23.6 Å². The second-order valence-corrected chi connectivity index (χ2v) is 5.53. The zero-order valence-corrected chi connectivity index (χ0v) is 13.4. The molecule has 0 saturated carbocycles. The van der Waals surface area contributed by atoms with Gasteiger partial charge in [0, 0.05) is 6.42 Å². The number of esters is 2. The summed E-state index contributed by atoms with van der Waals surface area (Å²) in [6.45, 7) is 6.78. The van der Waals surface area contributed by atoms with Crippen LogP contribution in [0.2, 0.25) is 0 Å². The van der Waals surface area contributed by atoms with E-state index in [0.717, 1.165) is 0 Å². The van der Waals surface area contributed by atoms with Gasteiger partial charge < -0.3 is 9.47 Å². The summed E-state index contributed by atoms with van der Waals surface area (Å²) in [4.78, 5) is 35.8. The maximum absolute atomic E-state index is 12.2. The highest BCUT2D eigenvalue weighted by atomic mass is 16.5. The highest BCUT2D eigenvalue weighted by Crippen LogP contribution is 2.22. The molecule has 1 aromatic rings. The van der Waals surface area contributed by atoms with Crippen LogP contribution in [0.5, 0.6) is 0 Å². The highest BCUT2D eigenvalue weighted by Gasteiger charge is 2.29. The lowest BCUT2D eigenvalue weighted by Crippen LogP contribution is -2.27. The molecule has 5 nitrogen and oxygen atoms in total. The van der Waals surface area contributed by atoms with Gasteiger partial charge in [0.2, 0.25) is 5.78 Å². The van der Waals surface area contributed by atoms with E-state index in [0.29, 0.717) is 5.56 Å². The molecule has 22 heavy (non-hydrogen) atoms. The molecule has 0 N–H and O–H groups in total. The quantitative estimate of drug-likeness (QED) is 0.572. The summed E-state index contributed by atoms with van der Waals surface area (Å²) in [7, 11) is 0. The Morgan fingerprint density at radius 3 is 1.95 bits per heavy atom. The molecule has 0 radical (unpaired) electrons. The first-order chi connectivity index (χ1) is 10.3. The van der Waals surface area contributed by atoms with E-state index in [1.165, 1.54) is 0 Å². The topological polar surface area (TPSA) is 69.7 Å². The molecule has 1 atom stereocenters. The highest BCUT2D eigenvalue weighted by molar-refractivity contribution is 6.34. The van der Waals surface area contributed by atoms with Crippen molar-refractivity contribution >= 4 is 17.7 Å². The van der Waals surface area contributed by atoms with Crippen molar-refractivity contribution in [2.45, 2.75) is 52.2 Å². The molecule has 120 valence electrons. The molecular formula is C17H22O5. The van der Waals surface area contributed by atoms with E-state index in [-0.39, 0.29) is 18.6 Å². The van der Waals surface area contributed by atoms with Crippen LogP contribution in [0.4, 0.5) is 0 Å². The van der Waals surface area contributed by atoms with E-state index in [9.17, 15) is 14.4 Å². The first-order valence-electron chi connectivity index (χ1n) is 7.30. The number of hydrogen-bond donors (Lipinski definition) is 0. The van der Waals surface area contributed by atoms with Gasteiger partial charge in [0.1, 0.15) is 0 Å². The fourth-order valence-electron chi connectivity index (χ4n) is 1.89. The number of Topliss-reactive ketones (excluding diaryl/α,β-unsaturated/α-hetero) is 1. The molecule has 0 aliphatic carbocycles.